The number of unbranched alkanes of at least 4 members (excludes halogenated alkanes) is 1. The van der Waals surface area contributed by atoms with Crippen molar-refractivity contribution in [3.05, 3.63) is 52.0 Å². The van der Waals surface area contributed by atoms with E-state index < -0.39 is 18.2 Å². The van der Waals surface area contributed by atoms with E-state index in [-0.39, 0.29) is 0 Å². The van der Waals surface area contributed by atoms with Gasteiger partial charge in [-0.25, -0.2) is 5.43 Å². The van der Waals surface area contributed by atoms with Gasteiger partial charge in [-0.2, -0.15) is 5.10 Å². The number of amides is 2. The summed E-state index contributed by atoms with van der Waals surface area (Å²) in [5.74, 6) is 0.153. The summed E-state index contributed by atoms with van der Waals surface area (Å²) >= 11 is 11.7. The first-order chi connectivity index (χ1) is 14.4. The van der Waals surface area contributed by atoms with Crippen molar-refractivity contribution in [3.63, 3.8) is 0 Å². The minimum absolute atomic E-state index is 0.306. The average molecular weight is 452 g/mol. The monoisotopic (exact) mass is 451 g/mol. The molecule has 0 spiro atoms. The van der Waals surface area contributed by atoms with Gasteiger partial charge in [0.25, 0.3) is 0 Å². The lowest BCUT2D eigenvalue weighted by atomic mass is 10.2. The highest BCUT2D eigenvalue weighted by Gasteiger charge is 2.10. The fourth-order valence-corrected chi connectivity index (χ4v) is 2.65. The van der Waals surface area contributed by atoms with E-state index in [2.05, 4.69) is 22.8 Å². The van der Waals surface area contributed by atoms with Crippen molar-refractivity contribution in [1.29, 1.82) is 0 Å². The SMILES string of the molecule is CCCCOc1ccc(C=NNC(=O)CC(=O)Nc2ccc(Cl)c(Cl)c2)cc1OC. The van der Waals surface area contributed by atoms with Crippen LogP contribution in [0.3, 0.4) is 0 Å². The molecule has 2 aromatic rings. The Balaban J connectivity index is 1.85. The summed E-state index contributed by atoms with van der Waals surface area (Å²) in [4.78, 5) is 23.9. The second-order valence-corrected chi connectivity index (χ2v) is 7.07. The van der Waals surface area contributed by atoms with Crippen molar-refractivity contribution in [1.82, 2.24) is 5.43 Å². The van der Waals surface area contributed by atoms with Crippen LogP contribution in [0.15, 0.2) is 41.5 Å². The second-order valence-electron chi connectivity index (χ2n) is 6.26. The van der Waals surface area contributed by atoms with Crippen LogP contribution < -0.4 is 20.2 Å². The van der Waals surface area contributed by atoms with Gasteiger partial charge in [-0.15, -0.1) is 0 Å². The summed E-state index contributed by atoms with van der Waals surface area (Å²) in [5, 5.41) is 7.11. The third kappa shape index (κ3) is 7.57. The Kier molecular flexibility index (Phi) is 9.44. The number of anilines is 1. The van der Waals surface area contributed by atoms with E-state index in [0.29, 0.717) is 39.4 Å². The molecule has 0 radical (unpaired) electrons. The molecule has 2 N–H and O–H groups in total. The zero-order chi connectivity index (χ0) is 21.9. The molecule has 9 heteroatoms. The van der Waals surface area contributed by atoms with Crippen LogP contribution in [0.1, 0.15) is 31.7 Å². The summed E-state index contributed by atoms with van der Waals surface area (Å²) in [6.07, 6.45) is 3.05. The first-order valence-electron chi connectivity index (χ1n) is 9.30. The van der Waals surface area contributed by atoms with Crippen LogP contribution in [0.2, 0.25) is 10.0 Å². The molecule has 2 amide bonds. The summed E-state index contributed by atoms with van der Waals surface area (Å²) in [6, 6.07) is 9.96. The highest BCUT2D eigenvalue weighted by molar-refractivity contribution is 6.42. The van der Waals surface area contributed by atoms with E-state index in [1.54, 1.807) is 37.4 Å². The highest BCUT2D eigenvalue weighted by Crippen LogP contribution is 2.28. The van der Waals surface area contributed by atoms with Gasteiger partial charge in [0.1, 0.15) is 6.42 Å². The smallest absolute Gasteiger partial charge is 0.249 e. The lowest BCUT2D eigenvalue weighted by Gasteiger charge is -2.10. The fourth-order valence-electron chi connectivity index (χ4n) is 2.35. The van der Waals surface area contributed by atoms with Crippen LogP contribution in [-0.2, 0) is 9.59 Å². The van der Waals surface area contributed by atoms with Gasteiger partial charge in [0, 0.05) is 5.69 Å². The number of hydrazone groups is 1. The average Bonchev–Trinajstić information content (AvgIpc) is 2.71. The lowest BCUT2D eigenvalue weighted by molar-refractivity contribution is -0.126. The predicted molar refractivity (Wildman–Crippen MR) is 119 cm³/mol. The minimum Gasteiger partial charge on any atom is -0.493 e. The minimum atomic E-state index is -0.560. The van der Waals surface area contributed by atoms with E-state index >= 15 is 0 Å². The summed E-state index contributed by atoms with van der Waals surface area (Å²) in [6.45, 7) is 2.70. The number of methoxy groups -OCH3 is 1. The largest absolute Gasteiger partial charge is 0.493 e. The number of hydrogen-bond donors (Lipinski definition) is 2. The van der Waals surface area contributed by atoms with Gasteiger partial charge in [-0.1, -0.05) is 36.5 Å². The molecule has 2 aromatic carbocycles. The molecule has 0 saturated carbocycles. The van der Waals surface area contributed by atoms with Crippen molar-refractivity contribution in [2.75, 3.05) is 19.0 Å². The third-order valence-electron chi connectivity index (χ3n) is 3.87. The normalized spacial score (nSPS) is 10.7. The fraction of sp³-hybridized carbons (Fsp3) is 0.286. The summed E-state index contributed by atoms with van der Waals surface area (Å²) in [7, 11) is 1.55. The van der Waals surface area contributed by atoms with Gasteiger partial charge in [-0.3, -0.25) is 9.59 Å². The molecule has 0 unspecified atom stereocenters. The van der Waals surface area contributed by atoms with E-state index in [0.717, 1.165) is 12.8 Å². The standard InChI is InChI=1S/C21H23Cl2N3O4/c1-3-4-9-30-18-8-5-14(10-19(18)29-2)13-24-26-21(28)12-20(27)25-15-6-7-16(22)17(23)11-15/h5-8,10-11,13H,3-4,9,12H2,1-2H3,(H,25,27)(H,26,28). The first kappa shape index (κ1) is 23.5. The predicted octanol–water partition coefficient (Wildman–Crippen LogP) is 4.66. The van der Waals surface area contributed by atoms with Crippen molar-refractivity contribution >= 4 is 46.9 Å². The molecule has 0 saturated heterocycles. The maximum absolute atomic E-state index is 12.0. The Morgan fingerprint density at radius 1 is 1.07 bits per heavy atom. The van der Waals surface area contributed by atoms with E-state index in [4.69, 9.17) is 32.7 Å². The molecule has 0 aromatic heterocycles. The molecular weight excluding hydrogens is 429 g/mol. The second kappa shape index (κ2) is 12.0. The molecule has 0 fully saturated rings. The number of hydrogen-bond acceptors (Lipinski definition) is 5. The quantitative estimate of drug-likeness (QED) is 0.238. The Labute approximate surface area is 185 Å². The number of benzene rings is 2. The maximum atomic E-state index is 12.0. The zero-order valence-electron chi connectivity index (χ0n) is 16.7. The van der Waals surface area contributed by atoms with Crippen molar-refractivity contribution in [2.24, 2.45) is 5.10 Å². The van der Waals surface area contributed by atoms with Crippen LogP contribution >= 0.6 is 23.2 Å². The third-order valence-corrected chi connectivity index (χ3v) is 4.61. The van der Waals surface area contributed by atoms with Crippen molar-refractivity contribution in [2.45, 2.75) is 26.2 Å². The summed E-state index contributed by atoms with van der Waals surface area (Å²) < 4.78 is 11.0. The van der Waals surface area contributed by atoms with Crippen LogP contribution in [0.5, 0.6) is 11.5 Å². The number of carbonyl (C=O) groups excluding carboxylic acids is 2. The molecule has 30 heavy (non-hydrogen) atoms. The molecule has 0 aliphatic heterocycles. The number of nitrogens with zero attached hydrogens (tertiary/aromatic N) is 1. The van der Waals surface area contributed by atoms with Gasteiger partial charge >= 0.3 is 0 Å². The van der Waals surface area contributed by atoms with Gasteiger partial charge in [0.2, 0.25) is 11.8 Å². The van der Waals surface area contributed by atoms with E-state index in [1.807, 2.05) is 0 Å². The molecule has 0 bridgehead atoms. The van der Waals surface area contributed by atoms with Crippen LogP contribution in [-0.4, -0.2) is 31.7 Å². The number of nitrogens with one attached hydrogen (secondary N) is 2. The summed E-state index contributed by atoms with van der Waals surface area (Å²) in [5.41, 5.74) is 3.46. The molecule has 0 heterocycles. The van der Waals surface area contributed by atoms with Crippen LogP contribution in [0.25, 0.3) is 0 Å². The number of rotatable bonds is 10. The van der Waals surface area contributed by atoms with Crippen molar-refractivity contribution in [3.8, 4) is 11.5 Å². The van der Waals surface area contributed by atoms with Gasteiger partial charge in [0.05, 0.1) is 30.0 Å². The topological polar surface area (TPSA) is 89.0 Å². The van der Waals surface area contributed by atoms with Gasteiger partial charge in [-0.05, 0) is 48.4 Å². The van der Waals surface area contributed by atoms with Crippen LogP contribution in [0, 0.1) is 0 Å². The number of carbonyl (C=O) groups is 2. The lowest BCUT2D eigenvalue weighted by Crippen LogP contribution is -2.24. The zero-order valence-corrected chi connectivity index (χ0v) is 18.2. The Bertz CT molecular complexity index is 919. The molecule has 0 aliphatic rings. The van der Waals surface area contributed by atoms with Gasteiger partial charge < -0.3 is 14.8 Å². The molecule has 0 aliphatic carbocycles. The number of halogens is 2. The van der Waals surface area contributed by atoms with E-state index in [1.165, 1.54) is 12.3 Å². The molecule has 2 rings (SSSR count). The molecular formula is C21H23Cl2N3O4. The maximum Gasteiger partial charge on any atom is 0.249 e. The van der Waals surface area contributed by atoms with E-state index in [9.17, 15) is 9.59 Å². The Morgan fingerprint density at radius 3 is 2.57 bits per heavy atom. The number of ether oxygens (including phenoxy) is 2. The van der Waals surface area contributed by atoms with Gasteiger partial charge in [0.15, 0.2) is 11.5 Å². The Hall–Kier alpha value is -2.77. The molecule has 7 nitrogen and oxygen atoms in total. The first-order valence-corrected chi connectivity index (χ1v) is 10.1. The highest BCUT2D eigenvalue weighted by atomic mass is 35.5. The van der Waals surface area contributed by atoms with Crippen LogP contribution in [0.4, 0.5) is 5.69 Å². The van der Waals surface area contributed by atoms with Crippen molar-refractivity contribution < 1.29 is 19.1 Å². The Morgan fingerprint density at radius 2 is 1.87 bits per heavy atom. The molecule has 160 valence electrons. The molecule has 0 atom stereocenters.